The van der Waals surface area contributed by atoms with Gasteiger partial charge in [-0.05, 0) is 33.9 Å². The number of amides is 2. The number of thiocarbonyl (C=S) groups is 1. The third-order valence-electron chi connectivity index (χ3n) is 4.41. The third-order valence-corrected chi connectivity index (χ3v) is 5.77. The molecule has 1 saturated heterocycles. The van der Waals surface area contributed by atoms with Crippen LogP contribution in [0.2, 0.25) is 0 Å². The molecule has 5 nitrogen and oxygen atoms in total. The predicted molar refractivity (Wildman–Crippen MR) is 114 cm³/mol. The van der Waals surface area contributed by atoms with Crippen molar-refractivity contribution < 1.29 is 14.7 Å². The average molecular weight is 409 g/mol. The van der Waals surface area contributed by atoms with E-state index in [1.807, 2.05) is 12.1 Å². The molecule has 7 heteroatoms. The molecule has 2 rings (SSSR count). The van der Waals surface area contributed by atoms with Crippen LogP contribution in [0, 0.1) is 0 Å². The molecule has 1 aliphatic rings. The van der Waals surface area contributed by atoms with Crippen LogP contribution in [0.5, 0.6) is 5.75 Å². The molecule has 2 amide bonds. The van der Waals surface area contributed by atoms with Crippen LogP contribution >= 0.6 is 24.0 Å². The Morgan fingerprint density at radius 2 is 1.70 bits per heavy atom. The van der Waals surface area contributed by atoms with Crippen molar-refractivity contribution in [2.45, 2.75) is 65.2 Å². The van der Waals surface area contributed by atoms with E-state index in [9.17, 15) is 14.7 Å². The van der Waals surface area contributed by atoms with Gasteiger partial charge >= 0.3 is 0 Å². The van der Waals surface area contributed by atoms with Gasteiger partial charge in [0.1, 0.15) is 5.75 Å². The molecule has 148 valence electrons. The van der Waals surface area contributed by atoms with Crippen LogP contribution in [0.25, 0.3) is 0 Å². The van der Waals surface area contributed by atoms with E-state index in [2.05, 4.69) is 47.0 Å². The van der Waals surface area contributed by atoms with Gasteiger partial charge in [0.05, 0.1) is 5.75 Å². The van der Waals surface area contributed by atoms with Crippen molar-refractivity contribution in [2.75, 3.05) is 5.75 Å². The molecule has 0 aromatic heterocycles. The van der Waals surface area contributed by atoms with Crippen LogP contribution in [0.15, 0.2) is 12.1 Å². The number of aryl methyl sites for hydroxylation is 1. The van der Waals surface area contributed by atoms with Gasteiger partial charge in [-0.2, -0.15) is 0 Å². The topological polar surface area (TPSA) is 69.6 Å². The first-order chi connectivity index (χ1) is 12.3. The second-order valence-corrected chi connectivity index (χ2v) is 10.5. The third kappa shape index (κ3) is 5.23. The summed E-state index contributed by atoms with van der Waals surface area (Å²) in [6, 6.07) is 3.94. The minimum Gasteiger partial charge on any atom is -0.507 e. The molecule has 1 aliphatic heterocycles. The second kappa shape index (κ2) is 7.80. The van der Waals surface area contributed by atoms with Gasteiger partial charge in [0.2, 0.25) is 5.91 Å². The molecule has 0 radical (unpaired) electrons. The summed E-state index contributed by atoms with van der Waals surface area (Å²) in [4.78, 5) is 24.0. The maximum atomic E-state index is 12.3. The Morgan fingerprint density at radius 3 is 2.11 bits per heavy atom. The van der Waals surface area contributed by atoms with Gasteiger partial charge in [-0.1, -0.05) is 77.7 Å². The first kappa shape index (κ1) is 21.7. The van der Waals surface area contributed by atoms with Crippen molar-refractivity contribution in [1.82, 2.24) is 10.4 Å². The predicted octanol–water partition coefficient (Wildman–Crippen LogP) is 3.81. The highest BCUT2D eigenvalue weighted by Gasteiger charge is 2.29. The summed E-state index contributed by atoms with van der Waals surface area (Å²) in [7, 11) is 0. The fraction of sp³-hybridized carbons (Fsp3) is 0.550. The molecule has 1 aromatic carbocycles. The minimum absolute atomic E-state index is 0.201. The standard InChI is InChI=1S/C20H28N2O3S2/c1-19(2,3)13-9-12(10-14(17(13)25)20(4,5)6)7-8-15(23)21-22-16(24)11-27-18(22)26/h9-10,25H,7-8,11H2,1-6H3,(H,21,23). The number of hydrogen-bond acceptors (Lipinski definition) is 5. The van der Waals surface area contributed by atoms with Crippen LogP contribution < -0.4 is 5.43 Å². The van der Waals surface area contributed by atoms with Crippen molar-refractivity contribution in [3.05, 3.63) is 28.8 Å². The van der Waals surface area contributed by atoms with Gasteiger partial charge in [0.25, 0.3) is 5.91 Å². The summed E-state index contributed by atoms with van der Waals surface area (Å²) in [5.74, 6) is 0.137. The summed E-state index contributed by atoms with van der Waals surface area (Å²) in [5.41, 5.74) is 4.89. The van der Waals surface area contributed by atoms with E-state index in [1.165, 1.54) is 11.8 Å². The highest BCUT2D eigenvalue weighted by atomic mass is 32.2. The fourth-order valence-electron chi connectivity index (χ4n) is 2.88. The lowest BCUT2D eigenvalue weighted by atomic mass is 9.78. The van der Waals surface area contributed by atoms with Gasteiger partial charge in [0.15, 0.2) is 4.32 Å². The Morgan fingerprint density at radius 1 is 1.19 bits per heavy atom. The van der Waals surface area contributed by atoms with E-state index in [1.54, 1.807) is 0 Å². The molecule has 0 unspecified atom stereocenters. The second-order valence-electron chi connectivity index (χ2n) is 8.86. The number of benzene rings is 1. The van der Waals surface area contributed by atoms with Gasteiger partial charge in [-0.25, -0.2) is 5.01 Å². The molecule has 0 bridgehead atoms. The largest absolute Gasteiger partial charge is 0.507 e. The lowest BCUT2D eigenvalue weighted by molar-refractivity contribution is -0.134. The Labute approximate surface area is 170 Å². The van der Waals surface area contributed by atoms with E-state index in [-0.39, 0.29) is 34.8 Å². The summed E-state index contributed by atoms with van der Waals surface area (Å²) in [5, 5.41) is 11.9. The SMILES string of the molecule is CC(C)(C)c1cc(CCC(=O)NN2C(=O)CSC2=S)cc(C(C)(C)C)c1O. The first-order valence-electron chi connectivity index (χ1n) is 8.96. The van der Waals surface area contributed by atoms with Gasteiger partial charge in [-0.15, -0.1) is 0 Å². The number of carbonyl (C=O) groups is 2. The molecule has 2 N–H and O–H groups in total. The van der Waals surface area contributed by atoms with Crippen LogP contribution in [-0.4, -0.2) is 32.0 Å². The lowest BCUT2D eigenvalue weighted by Crippen LogP contribution is -2.45. The molecule has 1 aromatic rings. The summed E-state index contributed by atoms with van der Waals surface area (Å²) in [6.07, 6.45) is 0.745. The van der Waals surface area contributed by atoms with Crippen molar-refractivity contribution in [3.63, 3.8) is 0 Å². The minimum atomic E-state index is -0.254. The Bertz CT molecular complexity index is 725. The number of phenolic OH excluding ortho intramolecular Hbond substituents is 1. The molecule has 27 heavy (non-hydrogen) atoms. The molecule has 0 spiro atoms. The monoisotopic (exact) mass is 408 g/mol. The Kier molecular flexibility index (Phi) is 6.26. The number of thioether (sulfide) groups is 1. The van der Waals surface area contributed by atoms with Gasteiger partial charge in [-0.3, -0.25) is 15.0 Å². The van der Waals surface area contributed by atoms with Crippen LogP contribution in [-0.2, 0) is 26.8 Å². The number of carbonyl (C=O) groups excluding carboxylic acids is 2. The number of aromatic hydroxyl groups is 1. The van der Waals surface area contributed by atoms with E-state index < -0.39 is 0 Å². The molecule has 0 atom stereocenters. The number of hydrazine groups is 1. The van der Waals surface area contributed by atoms with Crippen molar-refractivity contribution in [2.24, 2.45) is 0 Å². The number of rotatable bonds is 4. The van der Waals surface area contributed by atoms with Crippen molar-refractivity contribution in [3.8, 4) is 5.75 Å². The first-order valence-corrected chi connectivity index (χ1v) is 10.4. The lowest BCUT2D eigenvalue weighted by Gasteiger charge is -2.28. The Balaban J connectivity index is 2.19. The van der Waals surface area contributed by atoms with E-state index >= 15 is 0 Å². The van der Waals surface area contributed by atoms with Crippen molar-refractivity contribution in [1.29, 1.82) is 0 Å². The summed E-state index contributed by atoms with van der Waals surface area (Å²) < 4.78 is 0.378. The number of phenols is 1. The number of hydrogen-bond donors (Lipinski definition) is 2. The highest BCUT2D eigenvalue weighted by molar-refractivity contribution is 8.23. The molecular weight excluding hydrogens is 380 g/mol. The summed E-state index contributed by atoms with van der Waals surface area (Å²) >= 11 is 6.32. The zero-order valence-corrected chi connectivity index (χ0v) is 18.4. The normalized spacial score (nSPS) is 15.4. The maximum absolute atomic E-state index is 12.3. The van der Waals surface area contributed by atoms with E-state index in [4.69, 9.17) is 12.2 Å². The average Bonchev–Trinajstić information content (AvgIpc) is 2.83. The molecule has 1 fully saturated rings. The number of nitrogens with one attached hydrogen (secondary N) is 1. The smallest absolute Gasteiger partial charge is 0.257 e. The molecule has 0 aliphatic carbocycles. The summed E-state index contributed by atoms with van der Waals surface area (Å²) in [6.45, 7) is 12.3. The Hall–Kier alpha value is -1.60. The zero-order chi connectivity index (χ0) is 20.6. The van der Waals surface area contributed by atoms with Gasteiger partial charge in [0, 0.05) is 6.42 Å². The zero-order valence-electron chi connectivity index (χ0n) is 16.8. The van der Waals surface area contributed by atoms with E-state index in [0.717, 1.165) is 21.7 Å². The van der Waals surface area contributed by atoms with E-state index in [0.29, 0.717) is 16.5 Å². The number of nitrogens with zero attached hydrogens (tertiary/aromatic N) is 1. The van der Waals surface area contributed by atoms with Crippen LogP contribution in [0.3, 0.4) is 0 Å². The van der Waals surface area contributed by atoms with Gasteiger partial charge < -0.3 is 5.11 Å². The van der Waals surface area contributed by atoms with Crippen molar-refractivity contribution >= 4 is 40.1 Å². The quantitative estimate of drug-likeness (QED) is 0.742. The molecule has 1 heterocycles. The highest BCUT2D eigenvalue weighted by Crippen LogP contribution is 2.40. The fourth-order valence-corrected chi connectivity index (χ4v) is 3.86. The molecule has 0 saturated carbocycles. The maximum Gasteiger partial charge on any atom is 0.257 e. The van der Waals surface area contributed by atoms with Crippen LogP contribution in [0.4, 0.5) is 0 Å². The van der Waals surface area contributed by atoms with Crippen LogP contribution in [0.1, 0.15) is 64.7 Å². The molecular formula is C20H28N2O3S2.